The SMILES string of the molecule is CNc1nc2sc(CCc3ccc(F)cc3)nc2c2c1ncn2C. The Morgan fingerprint density at radius 2 is 1.92 bits per heavy atom. The number of nitrogens with one attached hydrogen (secondary N) is 1. The topological polar surface area (TPSA) is 55.6 Å². The van der Waals surface area contributed by atoms with E-state index in [0.29, 0.717) is 0 Å². The quantitative estimate of drug-likeness (QED) is 0.617. The van der Waals surface area contributed by atoms with E-state index in [4.69, 9.17) is 4.98 Å². The third-order valence-electron chi connectivity index (χ3n) is 4.03. The number of aromatic nitrogens is 4. The average molecular weight is 341 g/mol. The number of fused-ring (bicyclic) bond motifs is 3. The summed E-state index contributed by atoms with van der Waals surface area (Å²) in [4.78, 5) is 14.7. The standard InChI is InChI=1S/C17H16FN5S/c1-19-16-13-15(23(2)9-20-13)14-17(22-16)24-12(21-14)8-5-10-3-6-11(18)7-4-10/h3-4,6-7,9H,5,8H2,1-2H3,(H,19,22). The molecule has 3 heterocycles. The van der Waals surface area contributed by atoms with Gasteiger partial charge in [0.15, 0.2) is 5.82 Å². The number of rotatable bonds is 4. The fourth-order valence-corrected chi connectivity index (χ4v) is 3.75. The summed E-state index contributed by atoms with van der Waals surface area (Å²) >= 11 is 1.60. The van der Waals surface area contributed by atoms with Crippen LogP contribution in [-0.4, -0.2) is 26.6 Å². The van der Waals surface area contributed by atoms with Gasteiger partial charge >= 0.3 is 0 Å². The molecule has 0 radical (unpaired) electrons. The predicted molar refractivity (Wildman–Crippen MR) is 95.0 cm³/mol. The summed E-state index contributed by atoms with van der Waals surface area (Å²) in [5.74, 6) is 0.563. The van der Waals surface area contributed by atoms with Crippen LogP contribution in [0.3, 0.4) is 0 Å². The van der Waals surface area contributed by atoms with Gasteiger partial charge in [-0.1, -0.05) is 23.5 Å². The lowest BCUT2D eigenvalue weighted by Crippen LogP contribution is -1.95. The summed E-state index contributed by atoms with van der Waals surface area (Å²) in [5.41, 5.74) is 3.82. The van der Waals surface area contributed by atoms with Crippen molar-refractivity contribution >= 4 is 38.5 Å². The lowest BCUT2D eigenvalue weighted by atomic mass is 10.1. The maximum absolute atomic E-state index is 13.0. The van der Waals surface area contributed by atoms with Crippen LogP contribution in [0.25, 0.3) is 21.4 Å². The zero-order valence-electron chi connectivity index (χ0n) is 13.4. The van der Waals surface area contributed by atoms with Crippen molar-refractivity contribution in [2.24, 2.45) is 7.05 Å². The molecule has 3 aromatic heterocycles. The van der Waals surface area contributed by atoms with E-state index in [1.54, 1.807) is 17.7 Å². The van der Waals surface area contributed by atoms with Gasteiger partial charge in [-0.05, 0) is 24.1 Å². The molecule has 5 nitrogen and oxygen atoms in total. The third kappa shape index (κ3) is 2.50. The van der Waals surface area contributed by atoms with Crippen LogP contribution in [0.5, 0.6) is 0 Å². The number of anilines is 1. The molecule has 7 heteroatoms. The first-order valence-corrected chi connectivity index (χ1v) is 8.50. The minimum absolute atomic E-state index is 0.207. The van der Waals surface area contributed by atoms with E-state index in [1.807, 2.05) is 30.8 Å². The molecule has 0 aliphatic rings. The fraction of sp³-hybridized carbons (Fsp3) is 0.235. The largest absolute Gasteiger partial charge is 0.371 e. The molecule has 0 saturated carbocycles. The van der Waals surface area contributed by atoms with Gasteiger partial charge in [0, 0.05) is 20.5 Å². The van der Waals surface area contributed by atoms with Gasteiger partial charge in [0.25, 0.3) is 0 Å². The second-order valence-corrected chi connectivity index (χ2v) is 6.71. The van der Waals surface area contributed by atoms with Crippen LogP contribution in [-0.2, 0) is 19.9 Å². The van der Waals surface area contributed by atoms with E-state index in [2.05, 4.69) is 15.3 Å². The second-order valence-electron chi connectivity index (χ2n) is 5.65. The number of hydrogen-bond donors (Lipinski definition) is 1. The molecule has 4 aromatic rings. The average Bonchev–Trinajstić information content (AvgIpc) is 3.17. The minimum atomic E-state index is -0.207. The van der Waals surface area contributed by atoms with Gasteiger partial charge in [0.05, 0.1) is 11.3 Å². The Kier molecular flexibility index (Phi) is 3.65. The van der Waals surface area contributed by atoms with Crippen molar-refractivity contribution < 1.29 is 4.39 Å². The first kappa shape index (κ1) is 15.0. The maximum atomic E-state index is 13.0. The maximum Gasteiger partial charge on any atom is 0.155 e. The van der Waals surface area contributed by atoms with Gasteiger partial charge in [0.2, 0.25) is 0 Å². The summed E-state index contributed by atoms with van der Waals surface area (Å²) in [6, 6.07) is 6.62. The van der Waals surface area contributed by atoms with Crippen molar-refractivity contribution in [2.75, 3.05) is 12.4 Å². The summed E-state index contributed by atoms with van der Waals surface area (Å²) in [6.45, 7) is 0. The Labute approximate surface area is 142 Å². The summed E-state index contributed by atoms with van der Waals surface area (Å²) in [6.07, 6.45) is 3.42. The van der Waals surface area contributed by atoms with Crippen LogP contribution in [0, 0.1) is 5.82 Å². The summed E-state index contributed by atoms with van der Waals surface area (Å²) in [7, 11) is 3.81. The molecule has 1 aromatic carbocycles. The molecule has 0 aliphatic carbocycles. The van der Waals surface area contributed by atoms with Crippen LogP contribution in [0.4, 0.5) is 10.2 Å². The van der Waals surface area contributed by atoms with E-state index in [0.717, 1.165) is 50.6 Å². The van der Waals surface area contributed by atoms with Crippen molar-refractivity contribution in [1.29, 1.82) is 0 Å². The molecule has 1 N–H and O–H groups in total. The molecule has 0 saturated heterocycles. The highest BCUT2D eigenvalue weighted by atomic mass is 32.1. The number of pyridine rings is 1. The zero-order valence-corrected chi connectivity index (χ0v) is 14.2. The predicted octanol–water partition coefficient (Wildman–Crippen LogP) is 3.54. The number of halogens is 1. The molecule has 0 aliphatic heterocycles. The molecule has 0 spiro atoms. The Morgan fingerprint density at radius 1 is 1.12 bits per heavy atom. The molecule has 0 unspecified atom stereocenters. The number of thiazole rings is 1. The van der Waals surface area contributed by atoms with Gasteiger partial charge in [-0.2, -0.15) is 0 Å². The Hall–Kier alpha value is -2.54. The fourth-order valence-electron chi connectivity index (χ4n) is 2.81. The first-order chi connectivity index (χ1) is 11.7. The Balaban J connectivity index is 1.71. The smallest absolute Gasteiger partial charge is 0.155 e. The minimum Gasteiger partial charge on any atom is -0.371 e. The zero-order chi connectivity index (χ0) is 16.7. The molecule has 0 bridgehead atoms. The summed E-state index contributed by atoms with van der Waals surface area (Å²) < 4.78 is 15.0. The van der Waals surface area contributed by atoms with Crippen LogP contribution in [0.1, 0.15) is 10.6 Å². The first-order valence-electron chi connectivity index (χ1n) is 7.68. The van der Waals surface area contributed by atoms with Crippen molar-refractivity contribution in [1.82, 2.24) is 19.5 Å². The van der Waals surface area contributed by atoms with Gasteiger partial charge in [0.1, 0.15) is 27.2 Å². The molecule has 0 amide bonds. The van der Waals surface area contributed by atoms with Gasteiger partial charge in [-0.3, -0.25) is 0 Å². The van der Waals surface area contributed by atoms with E-state index in [-0.39, 0.29) is 5.82 Å². The Bertz CT molecular complexity index is 1020. The lowest BCUT2D eigenvalue weighted by molar-refractivity contribution is 0.627. The summed E-state index contributed by atoms with van der Waals surface area (Å²) in [5, 5.41) is 4.13. The number of aryl methyl sites for hydroxylation is 3. The van der Waals surface area contributed by atoms with Crippen molar-refractivity contribution in [2.45, 2.75) is 12.8 Å². The van der Waals surface area contributed by atoms with E-state index in [1.165, 1.54) is 12.1 Å². The van der Waals surface area contributed by atoms with E-state index < -0.39 is 0 Å². The van der Waals surface area contributed by atoms with Crippen molar-refractivity contribution in [3.8, 4) is 0 Å². The van der Waals surface area contributed by atoms with Crippen LogP contribution < -0.4 is 5.32 Å². The lowest BCUT2D eigenvalue weighted by Gasteiger charge is -2.01. The highest BCUT2D eigenvalue weighted by molar-refractivity contribution is 7.18. The molecule has 0 atom stereocenters. The highest BCUT2D eigenvalue weighted by Gasteiger charge is 2.16. The van der Waals surface area contributed by atoms with E-state index in [9.17, 15) is 4.39 Å². The molecular formula is C17H16FN5S. The number of benzene rings is 1. The molecule has 122 valence electrons. The van der Waals surface area contributed by atoms with Crippen LogP contribution >= 0.6 is 11.3 Å². The van der Waals surface area contributed by atoms with Crippen molar-refractivity contribution in [3.05, 3.63) is 47.0 Å². The molecule has 0 fully saturated rings. The third-order valence-corrected chi connectivity index (χ3v) is 5.04. The highest BCUT2D eigenvalue weighted by Crippen LogP contribution is 2.31. The molecule has 24 heavy (non-hydrogen) atoms. The van der Waals surface area contributed by atoms with Crippen LogP contribution in [0.15, 0.2) is 30.6 Å². The molecular weight excluding hydrogens is 325 g/mol. The van der Waals surface area contributed by atoms with Gasteiger partial charge < -0.3 is 9.88 Å². The van der Waals surface area contributed by atoms with Crippen molar-refractivity contribution in [3.63, 3.8) is 0 Å². The number of hydrogen-bond acceptors (Lipinski definition) is 5. The Morgan fingerprint density at radius 3 is 2.67 bits per heavy atom. The van der Waals surface area contributed by atoms with Gasteiger partial charge in [-0.25, -0.2) is 19.3 Å². The molecule has 4 rings (SSSR count). The van der Waals surface area contributed by atoms with Crippen LogP contribution in [0.2, 0.25) is 0 Å². The van der Waals surface area contributed by atoms with E-state index >= 15 is 0 Å². The normalized spacial score (nSPS) is 11.5. The number of nitrogens with zero attached hydrogens (tertiary/aromatic N) is 4. The second kappa shape index (κ2) is 5.83. The monoisotopic (exact) mass is 341 g/mol. The van der Waals surface area contributed by atoms with Gasteiger partial charge in [-0.15, -0.1) is 0 Å². The number of imidazole rings is 1.